The predicted octanol–water partition coefficient (Wildman–Crippen LogP) is 3.83. The number of halogens is 3. The third kappa shape index (κ3) is 4.72. The van der Waals surface area contributed by atoms with Crippen molar-refractivity contribution in [2.75, 3.05) is 18.4 Å². The molecule has 0 spiro atoms. The van der Waals surface area contributed by atoms with Crippen molar-refractivity contribution in [3.05, 3.63) is 48.2 Å². The number of rotatable bonds is 4. The van der Waals surface area contributed by atoms with Crippen LogP contribution in [0.5, 0.6) is 11.6 Å². The summed E-state index contributed by atoms with van der Waals surface area (Å²) in [4.78, 5) is 16.2. The Morgan fingerprint density at radius 2 is 1.96 bits per heavy atom. The second kappa shape index (κ2) is 7.74. The third-order valence-corrected chi connectivity index (χ3v) is 4.08. The van der Waals surface area contributed by atoms with Gasteiger partial charge >= 0.3 is 6.18 Å². The highest BCUT2D eigenvalue weighted by molar-refractivity contribution is 5.92. The fraction of sp³-hybridized carbons (Fsp3) is 0.333. The number of nitrogens with zero attached hydrogens (tertiary/aromatic N) is 1. The molecule has 1 aromatic carbocycles. The van der Waals surface area contributed by atoms with Crippen molar-refractivity contribution in [3.8, 4) is 11.6 Å². The molecule has 1 aliphatic heterocycles. The van der Waals surface area contributed by atoms with Gasteiger partial charge in [-0.3, -0.25) is 4.79 Å². The van der Waals surface area contributed by atoms with Crippen LogP contribution in [0.1, 0.15) is 18.4 Å². The fourth-order valence-electron chi connectivity index (χ4n) is 2.67. The number of hydrogen-bond donors (Lipinski definition) is 2. The van der Waals surface area contributed by atoms with Gasteiger partial charge in [0.25, 0.3) is 0 Å². The SMILES string of the molecule is O=C(Nc1ccc(Oc2ccc(C(F)(F)F)cc2)nc1)C1CCCNC1. The van der Waals surface area contributed by atoms with Crippen LogP contribution in [0.15, 0.2) is 42.6 Å². The Hall–Kier alpha value is -2.61. The first-order valence-corrected chi connectivity index (χ1v) is 8.24. The van der Waals surface area contributed by atoms with Crippen molar-refractivity contribution in [3.63, 3.8) is 0 Å². The van der Waals surface area contributed by atoms with Gasteiger partial charge in [-0.05, 0) is 49.7 Å². The molecule has 1 atom stereocenters. The largest absolute Gasteiger partial charge is 0.439 e. The molecular formula is C18H18F3N3O2. The van der Waals surface area contributed by atoms with Gasteiger partial charge in [-0.15, -0.1) is 0 Å². The summed E-state index contributed by atoms with van der Waals surface area (Å²) in [5.41, 5.74) is -0.201. The van der Waals surface area contributed by atoms with E-state index in [1.807, 2.05) is 0 Å². The Labute approximate surface area is 148 Å². The Morgan fingerprint density at radius 3 is 2.54 bits per heavy atom. The summed E-state index contributed by atoms with van der Waals surface area (Å²) in [5.74, 6) is 0.347. The van der Waals surface area contributed by atoms with Crippen molar-refractivity contribution < 1.29 is 22.7 Å². The van der Waals surface area contributed by atoms with E-state index in [-0.39, 0.29) is 23.5 Å². The molecule has 0 bridgehead atoms. The van der Waals surface area contributed by atoms with E-state index in [0.29, 0.717) is 12.2 Å². The quantitative estimate of drug-likeness (QED) is 0.864. The maximum atomic E-state index is 12.5. The number of alkyl halides is 3. The van der Waals surface area contributed by atoms with Crippen LogP contribution in [0.2, 0.25) is 0 Å². The van der Waals surface area contributed by atoms with Crippen LogP contribution in [0.4, 0.5) is 18.9 Å². The van der Waals surface area contributed by atoms with Crippen molar-refractivity contribution >= 4 is 11.6 Å². The second-order valence-electron chi connectivity index (χ2n) is 6.04. The van der Waals surface area contributed by atoms with Gasteiger partial charge in [-0.25, -0.2) is 4.98 Å². The van der Waals surface area contributed by atoms with E-state index in [4.69, 9.17) is 4.74 Å². The average molecular weight is 365 g/mol. The minimum absolute atomic E-state index is 0.0598. The van der Waals surface area contributed by atoms with Gasteiger partial charge in [-0.1, -0.05) is 0 Å². The fourth-order valence-corrected chi connectivity index (χ4v) is 2.67. The average Bonchev–Trinajstić information content (AvgIpc) is 2.64. The molecule has 26 heavy (non-hydrogen) atoms. The van der Waals surface area contributed by atoms with Crippen LogP contribution in [-0.2, 0) is 11.0 Å². The number of pyridine rings is 1. The van der Waals surface area contributed by atoms with Crippen LogP contribution < -0.4 is 15.4 Å². The molecule has 3 rings (SSSR count). The van der Waals surface area contributed by atoms with Crippen molar-refractivity contribution in [2.24, 2.45) is 5.92 Å². The second-order valence-corrected chi connectivity index (χ2v) is 6.04. The Bertz CT molecular complexity index is 740. The highest BCUT2D eigenvalue weighted by Gasteiger charge is 2.30. The molecule has 1 fully saturated rings. The van der Waals surface area contributed by atoms with Gasteiger partial charge in [-0.2, -0.15) is 13.2 Å². The van der Waals surface area contributed by atoms with Crippen molar-refractivity contribution in [2.45, 2.75) is 19.0 Å². The molecule has 0 aliphatic carbocycles. The highest BCUT2D eigenvalue weighted by atomic mass is 19.4. The predicted molar refractivity (Wildman–Crippen MR) is 90.0 cm³/mol. The van der Waals surface area contributed by atoms with E-state index in [2.05, 4.69) is 15.6 Å². The van der Waals surface area contributed by atoms with Gasteiger partial charge in [0.2, 0.25) is 11.8 Å². The molecular weight excluding hydrogens is 347 g/mol. The van der Waals surface area contributed by atoms with Crippen LogP contribution >= 0.6 is 0 Å². The molecule has 5 nitrogen and oxygen atoms in total. The molecule has 8 heteroatoms. The normalized spacial score (nSPS) is 17.6. The lowest BCUT2D eigenvalue weighted by Crippen LogP contribution is -2.37. The first kappa shape index (κ1) is 18.2. The lowest BCUT2D eigenvalue weighted by Gasteiger charge is -2.21. The zero-order valence-electron chi connectivity index (χ0n) is 13.8. The summed E-state index contributed by atoms with van der Waals surface area (Å²) in [6.45, 7) is 1.59. The first-order chi connectivity index (χ1) is 12.4. The van der Waals surface area contributed by atoms with E-state index < -0.39 is 11.7 Å². The summed E-state index contributed by atoms with van der Waals surface area (Å²) < 4.78 is 43.0. The molecule has 2 N–H and O–H groups in total. The standard InChI is InChI=1S/C18H18F3N3O2/c19-18(20,21)13-3-6-15(7-4-13)26-16-8-5-14(11-23-16)24-17(25)12-2-1-9-22-10-12/h3-8,11-12,22H,1-2,9-10H2,(H,24,25). The van der Waals surface area contributed by atoms with Crippen molar-refractivity contribution in [1.29, 1.82) is 0 Å². The molecule has 1 amide bonds. The lowest BCUT2D eigenvalue weighted by atomic mass is 9.99. The van der Waals surface area contributed by atoms with Crippen LogP contribution in [-0.4, -0.2) is 24.0 Å². The Kier molecular flexibility index (Phi) is 5.41. The first-order valence-electron chi connectivity index (χ1n) is 8.24. The van der Waals surface area contributed by atoms with Crippen LogP contribution in [0, 0.1) is 5.92 Å². The molecule has 1 saturated heterocycles. The van der Waals surface area contributed by atoms with Crippen molar-refractivity contribution in [1.82, 2.24) is 10.3 Å². The topological polar surface area (TPSA) is 63.2 Å². The van der Waals surface area contributed by atoms with E-state index in [1.54, 1.807) is 12.1 Å². The third-order valence-electron chi connectivity index (χ3n) is 4.08. The van der Waals surface area contributed by atoms with Gasteiger partial charge in [0.1, 0.15) is 5.75 Å². The minimum atomic E-state index is -4.38. The summed E-state index contributed by atoms with van der Waals surface area (Å²) >= 11 is 0. The monoisotopic (exact) mass is 365 g/mol. The van der Waals surface area contributed by atoms with E-state index in [1.165, 1.54) is 18.3 Å². The summed E-state index contributed by atoms with van der Waals surface area (Å²) in [5, 5.41) is 5.99. The van der Waals surface area contributed by atoms with Gasteiger partial charge in [0.05, 0.1) is 23.4 Å². The Balaban J connectivity index is 1.58. The number of aromatic nitrogens is 1. The Morgan fingerprint density at radius 1 is 1.19 bits per heavy atom. The number of nitrogens with one attached hydrogen (secondary N) is 2. The van der Waals surface area contributed by atoms with E-state index >= 15 is 0 Å². The van der Waals surface area contributed by atoms with Gasteiger partial charge < -0.3 is 15.4 Å². The summed E-state index contributed by atoms with van der Waals surface area (Å²) in [6.07, 6.45) is -1.12. The van der Waals surface area contributed by atoms with Crippen LogP contribution in [0.3, 0.4) is 0 Å². The number of benzene rings is 1. The van der Waals surface area contributed by atoms with Gasteiger partial charge in [0.15, 0.2) is 0 Å². The number of anilines is 1. The molecule has 0 saturated carbocycles. The maximum absolute atomic E-state index is 12.5. The number of piperidine rings is 1. The van der Waals surface area contributed by atoms with E-state index in [0.717, 1.165) is 31.5 Å². The zero-order valence-corrected chi connectivity index (χ0v) is 13.8. The molecule has 1 unspecified atom stereocenters. The van der Waals surface area contributed by atoms with Crippen LogP contribution in [0.25, 0.3) is 0 Å². The highest BCUT2D eigenvalue weighted by Crippen LogP contribution is 2.31. The number of carbonyl (C=O) groups excluding carboxylic acids is 1. The molecule has 1 aromatic heterocycles. The summed E-state index contributed by atoms with van der Waals surface area (Å²) in [6, 6.07) is 7.55. The number of ether oxygens (including phenoxy) is 1. The molecule has 0 radical (unpaired) electrons. The number of hydrogen-bond acceptors (Lipinski definition) is 4. The molecule has 2 aromatic rings. The smallest absolute Gasteiger partial charge is 0.416 e. The number of amides is 1. The van der Waals surface area contributed by atoms with E-state index in [9.17, 15) is 18.0 Å². The zero-order chi connectivity index (χ0) is 18.6. The lowest BCUT2D eigenvalue weighted by molar-refractivity contribution is -0.137. The number of carbonyl (C=O) groups is 1. The molecule has 2 heterocycles. The minimum Gasteiger partial charge on any atom is -0.439 e. The van der Waals surface area contributed by atoms with Gasteiger partial charge in [0, 0.05) is 12.6 Å². The summed E-state index contributed by atoms with van der Waals surface area (Å²) in [7, 11) is 0. The maximum Gasteiger partial charge on any atom is 0.416 e. The molecule has 1 aliphatic rings. The molecule has 138 valence electrons.